The summed E-state index contributed by atoms with van der Waals surface area (Å²) in [5, 5.41) is 14.7. The van der Waals surface area contributed by atoms with Gasteiger partial charge in [-0.25, -0.2) is 4.98 Å². The lowest BCUT2D eigenvalue weighted by Crippen LogP contribution is -2.31. The average molecular weight is 383 g/mol. The zero-order valence-corrected chi connectivity index (χ0v) is 16.4. The molecule has 0 aliphatic heterocycles. The molecule has 0 fully saturated rings. The highest BCUT2D eigenvalue weighted by Crippen LogP contribution is 2.22. The van der Waals surface area contributed by atoms with Crippen LogP contribution in [-0.4, -0.2) is 27.9 Å². The van der Waals surface area contributed by atoms with E-state index in [-0.39, 0.29) is 23.7 Å². The summed E-state index contributed by atoms with van der Waals surface area (Å²) < 4.78 is 0. The Labute approximate surface area is 164 Å². The van der Waals surface area contributed by atoms with Gasteiger partial charge in [-0.15, -0.1) is 0 Å². The molecule has 1 aromatic heterocycles. The van der Waals surface area contributed by atoms with E-state index in [4.69, 9.17) is 0 Å². The van der Waals surface area contributed by atoms with Crippen molar-refractivity contribution in [2.75, 3.05) is 5.32 Å². The third kappa shape index (κ3) is 5.64. The van der Waals surface area contributed by atoms with Crippen LogP contribution in [0.1, 0.15) is 54.7 Å². The Balaban J connectivity index is 2.22. The summed E-state index contributed by atoms with van der Waals surface area (Å²) in [6.45, 7) is 7.19. The van der Waals surface area contributed by atoms with E-state index < -0.39 is 23.3 Å². The number of hydrogen-bond donors (Lipinski definition) is 3. The summed E-state index contributed by atoms with van der Waals surface area (Å²) in [6.07, 6.45) is 1.18. The molecular formula is C21H25N3O4. The summed E-state index contributed by atoms with van der Waals surface area (Å²) in [5.41, 5.74) is 1.32. The number of nitrogens with zero attached hydrogens (tertiary/aromatic N) is 1. The summed E-state index contributed by atoms with van der Waals surface area (Å²) in [7, 11) is 0. The second kappa shape index (κ2) is 8.65. The quantitative estimate of drug-likeness (QED) is 0.709. The number of carbonyl (C=O) groups is 3. The monoisotopic (exact) mass is 383 g/mol. The molecule has 7 nitrogen and oxygen atoms in total. The Morgan fingerprint density at radius 3 is 2.43 bits per heavy atom. The lowest BCUT2D eigenvalue weighted by molar-refractivity contribution is -0.137. The fraction of sp³-hybridized carbons (Fsp3) is 0.333. The predicted octanol–water partition coefficient (Wildman–Crippen LogP) is 3.32. The van der Waals surface area contributed by atoms with Gasteiger partial charge in [0.25, 0.3) is 5.91 Å². The van der Waals surface area contributed by atoms with Gasteiger partial charge >= 0.3 is 5.97 Å². The summed E-state index contributed by atoms with van der Waals surface area (Å²) in [6, 6.07) is 9.62. The highest BCUT2D eigenvalue weighted by atomic mass is 16.4. The van der Waals surface area contributed by atoms with Crippen LogP contribution in [-0.2, 0) is 9.59 Å². The molecule has 1 heterocycles. The highest BCUT2D eigenvalue weighted by molar-refractivity contribution is 5.97. The van der Waals surface area contributed by atoms with E-state index in [0.717, 1.165) is 11.1 Å². The standard InChI is InChI=1S/C21H25N3O4/c1-13-7-5-6-8-15(13)16(12-18(25)26)23-19(27)14-9-10-22-17(11-14)24-20(28)21(2,3)4/h5-11,16H,12H2,1-4H3,(H,23,27)(H,25,26)(H,22,24,28). The second-order valence-corrected chi connectivity index (χ2v) is 7.61. The van der Waals surface area contributed by atoms with E-state index in [1.807, 2.05) is 19.1 Å². The van der Waals surface area contributed by atoms with Gasteiger partial charge in [0.15, 0.2) is 0 Å². The number of anilines is 1. The Bertz CT molecular complexity index is 887. The first-order valence-corrected chi connectivity index (χ1v) is 8.93. The number of carbonyl (C=O) groups excluding carboxylic acids is 2. The van der Waals surface area contributed by atoms with Gasteiger partial charge in [-0.1, -0.05) is 45.0 Å². The summed E-state index contributed by atoms with van der Waals surface area (Å²) >= 11 is 0. The van der Waals surface area contributed by atoms with Crippen LogP contribution < -0.4 is 10.6 Å². The van der Waals surface area contributed by atoms with Gasteiger partial charge in [-0.3, -0.25) is 14.4 Å². The molecule has 148 valence electrons. The molecule has 7 heteroatoms. The van der Waals surface area contributed by atoms with Crippen LogP contribution >= 0.6 is 0 Å². The number of benzene rings is 1. The van der Waals surface area contributed by atoms with Crippen molar-refractivity contribution in [2.24, 2.45) is 5.41 Å². The van der Waals surface area contributed by atoms with Crippen molar-refractivity contribution in [3.8, 4) is 0 Å². The van der Waals surface area contributed by atoms with Gasteiger partial charge in [0, 0.05) is 17.2 Å². The van der Waals surface area contributed by atoms with E-state index in [2.05, 4.69) is 15.6 Å². The third-order valence-corrected chi connectivity index (χ3v) is 4.19. The molecule has 0 saturated heterocycles. The molecule has 2 aromatic rings. The van der Waals surface area contributed by atoms with E-state index in [1.165, 1.54) is 18.3 Å². The van der Waals surface area contributed by atoms with Crippen molar-refractivity contribution in [3.05, 3.63) is 59.3 Å². The zero-order valence-electron chi connectivity index (χ0n) is 16.4. The van der Waals surface area contributed by atoms with Crippen molar-refractivity contribution in [1.29, 1.82) is 0 Å². The average Bonchev–Trinajstić information content (AvgIpc) is 2.60. The highest BCUT2D eigenvalue weighted by Gasteiger charge is 2.23. The molecule has 1 unspecified atom stereocenters. The molecule has 1 aromatic carbocycles. The maximum atomic E-state index is 12.7. The largest absolute Gasteiger partial charge is 0.481 e. The Morgan fingerprint density at radius 2 is 1.82 bits per heavy atom. The van der Waals surface area contributed by atoms with Crippen LogP contribution in [0.5, 0.6) is 0 Å². The molecule has 0 aliphatic carbocycles. The number of aryl methyl sites for hydroxylation is 1. The maximum Gasteiger partial charge on any atom is 0.305 e. The van der Waals surface area contributed by atoms with Gasteiger partial charge in [0.2, 0.25) is 5.91 Å². The van der Waals surface area contributed by atoms with Gasteiger partial charge in [0.1, 0.15) is 5.82 Å². The fourth-order valence-electron chi connectivity index (χ4n) is 2.58. The lowest BCUT2D eigenvalue weighted by atomic mass is 9.96. The molecule has 2 rings (SSSR count). The number of aliphatic carboxylic acids is 1. The van der Waals surface area contributed by atoms with Crippen LogP contribution in [0.3, 0.4) is 0 Å². The minimum Gasteiger partial charge on any atom is -0.481 e. The van der Waals surface area contributed by atoms with Crippen LogP contribution in [0.4, 0.5) is 5.82 Å². The normalized spacial score (nSPS) is 12.1. The van der Waals surface area contributed by atoms with Crippen molar-refractivity contribution >= 4 is 23.6 Å². The number of pyridine rings is 1. The van der Waals surface area contributed by atoms with E-state index in [1.54, 1.807) is 32.9 Å². The molecule has 3 N–H and O–H groups in total. The van der Waals surface area contributed by atoms with Crippen LogP contribution in [0.2, 0.25) is 0 Å². The Hall–Kier alpha value is -3.22. The number of aromatic nitrogens is 1. The number of rotatable bonds is 6. The van der Waals surface area contributed by atoms with Crippen molar-refractivity contribution in [2.45, 2.75) is 40.2 Å². The van der Waals surface area contributed by atoms with Crippen LogP contribution in [0.15, 0.2) is 42.6 Å². The maximum absolute atomic E-state index is 12.7. The second-order valence-electron chi connectivity index (χ2n) is 7.61. The smallest absolute Gasteiger partial charge is 0.305 e. The first-order chi connectivity index (χ1) is 13.1. The third-order valence-electron chi connectivity index (χ3n) is 4.19. The minimum atomic E-state index is -1.01. The number of carboxylic acid groups (broad SMARTS) is 1. The van der Waals surface area contributed by atoms with E-state index in [0.29, 0.717) is 0 Å². The molecule has 0 spiro atoms. The summed E-state index contributed by atoms with van der Waals surface area (Å²) in [5.74, 6) is -1.41. The van der Waals surface area contributed by atoms with Crippen molar-refractivity contribution in [3.63, 3.8) is 0 Å². The van der Waals surface area contributed by atoms with Gasteiger partial charge in [-0.2, -0.15) is 0 Å². The Morgan fingerprint density at radius 1 is 1.14 bits per heavy atom. The minimum absolute atomic E-state index is 0.221. The topological polar surface area (TPSA) is 108 Å². The van der Waals surface area contributed by atoms with Gasteiger partial charge < -0.3 is 15.7 Å². The first-order valence-electron chi connectivity index (χ1n) is 8.93. The number of carboxylic acids is 1. The molecule has 28 heavy (non-hydrogen) atoms. The van der Waals surface area contributed by atoms with Crippen LogP contribution in [0, 0.1) is 12.3 Å². The van der Waals surface area contributed by atoms with Crippen molar-refractivity contribution < 1.29 is 19.5 Å². The molecule has 0 bridgehead atoms. The van der Waals surface area contributed by atoms with Crippen LogP contribution in [0.25, 0.3) is 0 Å². The molecule has 0 saturated carbocycles. The van der Waals surface area contributed by atoms with E-state index >= 15 is 0 Å². The zero-order chi connectivity index (χ0) is 20.9. The lowest BCUT2D eigenvalue weighted by Gasteiger charge is -2.20. The number of nitrogens with one attached hydrogen (secondary N) is 2. The van der Waals surface area contributed by atoms with Crippen molar-refractivity contribution in [1.82, 2.24) is 10.3 Å². The first kappa shape index (κ1) is 21.1. The predicted molar refractivity (Wildman–Crippen MR) is 106 cm³/mol. The van der Waals surface area contributed by atoms with E-state index in [9.17, 15) is 19.5 Å². The molecule has 2 amide bonds. The number of hydrogen-bond acceptors (Lipinski definition) is 4. The van der Waals surface area contributed by atoms with Gasteiger partial charge in [0.05, 0.1) is 12.5 Å². The molecule has 1 atom stereocenters. The molecular weight excluding hydrogens is 358 g/mol. The van der Waals surface area contributed by atoms with Gasteiger partial charge in [-0.05, 0) is 30.2 Å². The molecule has 0 radical (unpaired) electrons. The summed E-state index contributed by atoms with van der Waals surface area (Å²) in [4.78, 5) is 40.2. The number of amides is 2. The fourth-order valence-corrected chi connectivity index (χ4v) is 2.58. The Kier molecular flexibility index (Phi) is 6.51. The SMILES string of the molecule is Cc1ccccc1C(CC(=O)O)NC(=O)c1ccnc(NC(=O)C(C)(C)C)c1. The molecule has 0 aliphatic rings.